The zero-order valence-corrected chi connectivity index (χ0v) is 34.9. The maximum Gasteiger partial charge on any atom is 0.320 e. The highest BCUT2D eigenvalue weighted by Gasteiger charge is 2.44. The first-order chi connectivity index (χ1) is 29.5. The summed E-state index contributed by atoms with van der Waals surface area (Å²) in [6.45, 7) is 11.6. The van der Waals surface area contributed by atoms with Gasteiger partial charge >= 0.3 is 6.03 Å². The number of hydrogen-bond donors (Lipinski definition) is 3. The number of anilines is 4. The van der Waals surface area contributed by atoms with Crippen molar-refractivity contribution in [1.82, 2.24) is 34.9 Å². The minimum Gasteiger partial charge on any atom is -0.371 e. The van der Waals surface area contributed by atoms with Crippen LogP contribution in [0.25, 0.3) is 0 Å². The standard InChI is InChI=1S/C45H55N11O5/c1-28-5-12-37(42(58)48-28)56-43(59)35-11-10-33(24-36(35)44(56)60)53-20-13-29(14-21-53)26-52-18-15-31(16-19-52)30-6-8-32(9-7-30)49-41-39(40(46)57)47-25-38(50-41)54-17-3-4-34(27-54)55-23-22-51(2)45(55)61/h6-11,24-25,29,31,34,37H,1,3-5,12-23,26-27H2,2H3,(H2,46,57)(H,48,58)(H,49,50)/t34-,37?/m1/s1. The zero-order valence-electron chi connectivity index (χ0n) is 34.9. The summed E-state index contributed by atoms with van der Waals surface area (Å²) in [5, 5.41) is 6.00. The highest BCUT2D eigenvalue weighted by molar-refractivity contribution is 6.23. The van der Waals surface area contributed by atoms with Crippen molar-refractivity contribution in [1.29, 1.82) is 0 Å². The van der Waals surface area contributed by atoms with E-state index in [4.69, 9.17) is 10.7 Å². The molecule has 0 aliphatic carbocycles. The lowest BCUT2D eigenvalue weighted by Crippen LogP contribution is -2.51. The molecule has 1 unspecified atom stereocenters. The second-order valence-electron chi connectivity index (χ2n) is 17.5. The summed E-state index contributed by atoms with van der Waals surface area (Å²) in [7, 11) is 1.84. The lowest BCUT2D eigenvalue weighted by atomic mass is 9.88. The van der Waals surface area contributed by atoms with Gasteiger partial charge < -0.3 is 40.9 Å². The third-order valence-electron chi connectivity index (χ3n) is 13.7. The number of primary amides is 1. The molecule has 5 fully saturated rings. The van der Waals surface area contributed by atoms with E-state index >= 15 is 0 Å². The largest absolute Gasteiger partial charge is 0.371 e. The van der Waals surface area contributed by atoms with Gasteiger partial charge in [0, 0.05) is 69.9 Å². The minimum absolute atomic E-state index is 0.0659. The predicted octanol–water partition coefficient (Wildman–Crippen LogP) is 4.14. The summed E-state index contributed by atoms with van der Waals surface area (Å²) in [5.74, 6) is 0.205. The second-order valence-corrected chi connectivity index (χ2v) is 17.5. The van der Waals surface area contributed by atoms with Gasteiger partial charge in [-0.2, -0.15) is 0 Å². The van der Waals surface area contributed by atoms with Crippen molar-refractivity contribution in [2.24, 2.45) is 11.7 Å². The van der Waals surface area contributed by atoms with Gasteiger partial charge in [0.05, 0.1) is 23.4 Å². The molecule has 1 aromatic heterocycles. The van der Waals surface area contributed by atoms with Crippen LogP contribution in [0.1, 0.15) is 94.1 Å². The molecule has 6 aliphatic rings. The smallest absolute Gasteiger partial charge is 0.320 e. The second kappa shape index (κ2) is 16.8. The molecule has 5 saturated heterocycles. The Hall–Kier alpha value is -6.03. The molecule has 61 heavy (non-hydrogen) atoms. The quantitative estimate of drug-likeness (QED) is 0.250. The van der Waals surface area contributed by atoms with E-state index in [9.17, 15) is 24.0 Å². The van der Waals surface area contributed by atoms with Gasteiger partial charge in [-0.25, -0.2) is 14.8 Å². The molecule has 16 nitrogen and oxygen atoms in total. The first kappa shape index (κ1) is 40.4. The molecule has 3 aromatic rings. The van der Waals surface area contributed by atoms with Gasteiger partial charge in [-0.1, -0.05) is 18.7 Å². The lowest BCUT2D eigenvalue weighted by Gasteiger charge is -2.38. The number of nitrogens with zero attached hydrogens (tertiary/aromatic N) is 8. The number of carbonyl (C=O) groups is 5. The molecule has 320 valence electrons. The third kappa shape index (κ3) is 8.12. The number of nitrogens with two attached hydrogens (primary N) is 1. The number of amides is 6. The maximum atomic E-state index is 13.4. The van der Waals surface area contributed by atoms with E-state index in [-0.39, 0.29) is 23.7 Å². The van der Waals surface area contributed by atoms with Crippen LogP contribution in [-0.4, -0.2) is 137 Å². The Morgan fingerprint density at radius 3 is 2.33 bits per heavy atom. The van der Waals surface area contributed by atoms with Crippen molar-refractivity contribution >= 4 is 52.7 Å². The number of likely N-dealkylation sites (tertiary alicyclic amines) is 1. The maximum absolute atomic E-state index is 13.4. The monoisotopic (exact) mass is 829 g/mol. The summed E-state index contributed by atoms with van der Waals surface area (Å²) in [4.78, 5) is 85.4. The van der Waals surface area contributed by atoms with E-state index in [1.165, 1.54) is 5.56 Å². The van der Waals surface area contributed by atoms with Crippen LogP contribution in [0.5, 0.6) is 0 Å². The summed E-state index contributed by atoms with van der Waals surface area (Å²) in [5.41, 5.74) is 10.2. The fraction of sp³-hybridized carbons (Fsp3) is 0.489. The van der Waals surface area contributed by atoms with Crippen LogP contribution in [0.15, 0.2) is 60.9 Å². The van der Waals surface area contributed by atoms with Crippen molar-refractivity contribution in [2.75, 3.05) is 81.1 Å². The number of carbonyl (C=O) groups excluding carboxylic acids is 5. The number of rotatable bonds is 10. The molecule has 2 aromatic carbocycles. The van der Waals surface area contributed by atoms with E-state index in [2.05, 4.69) is 49.0 Å². The van der Waals surface area contributed by atoms with E-state index in [0.717, 1.165) is 107 Å². The van der Waals surface area contributed by atoms with Gasteiger partial charge in [0.25, 0.3) is 17.7 Å². The van der Waals surface area contributed by atoms with Crippen LogP contribution < -0.4 is 26.2 Å². The Balaban J connectivity index is 0.754. The Bertz CT molecular complexity index is 2230. The van der Waals surface area contributed by atoms with E-state index in [1.54, 1.807) is 17.2 Å². The van der Waals surface area contributed by atoms with Crippen LogP contribution in [0, 0.1) is 5.92 Å². The van der Waals surface area contributed by atoms with E-state index < -0.39 is 23.8 Å². The molecule has 0 saturated carbocycles. The molecule has 6 aliphatic heterocycles. The van der Waals surface area contributed by atoms with E-state index in [0.29, 0.717) is 59.7 Å². The minimum atomic E-state index is -0.812. The number of piperidine rings is 4. The van der Waals surface area contributed by atoms with Crippen molar-refractivity contribution < 1.29 is 24.0 Å². The van der Waals surface area contributed by atoms with E-state index in [1.807, 2.05) is 36.2 Å². The topological polar surface area (TPSA) is 181 Å². The van der Waals surface area contributed by atoms with Gasteiger partial charge in [0.1, 0.15) is 11.9 Å². The summed E-state index contributed by atoms with van der Waals surface area (Å²) < 4.78 is 0. The Morgan fingerprint density at radius 2 is 1.62 bits per heavy atom. The number of fused-ring (bicyclic) bond motifs is 1. The zero-order chi connectivity index (χ0) is 42.4. The number of allylic oxidation sites excluding steroid dienone is 1. The number of urea groups is 1. The summed E-state index contributed by atoms with van der Waals surface area (Å²) >= 11 is 0. The first-order valence-electron chi connectivity index (χ1n) is 21.8. The first-order valence-corrected chi connectivity index (χ1v) is 21.8. The van der Waals surface area contributed by atoms with Crippen molar-refractivity contribution in [3.63, 3.8) is 0 Å². The Morgan fingerprint density at radius 1 is 0.869 bits per heavy atom. The number of nitrogens with one attached hydrogen (secondary N) is 2. The average molecular weight is 830 g/mol. The Labute approximate surface area is 356 Å². The van der Waals surface area contributed by atoms with Gasteiger partial charge in [-0.15, -0.1) is 0 Å². The van der Waals surface area contributed by atoms with Crippen molar-refractivity contribution in [3.8, 4) is 0 Å². The number of benzene rings is 2. The van der Waals surface area contributed by atoms with Crippen LogP contribution in [-0.2, 0) is 4.79 Å². The number of aromatic nitrogens is 2. The fourth-order valence-corrected chi connectivity index (χ4v) is 10.1. The molecule has 16 heteroatoms. The SMILES string of the molecule is C=C1CCC(N2C(=O)c3ccc(N4CCC(CN5CCC(c6ccc(Nc7nc(N8CCC[C@@H](N9CCN(C)C9=O)C8)cnc7C(N)=O)cc6)CC5)CC4)cc3C2=O)C(=O)N1. The van der Waals surface area contributed by atoms with Crippen molar-refractivity contribution in [2.45, 2.75) is 69.4 Å². The molecule has 0 bridgehead atoms. The predicted molar refractivity (Wildman–Crippen MR) is 231 cm³/mol. The summed E-state index contributed by atoms with van der Waals surface area (Å²) in [6.07, 6.45) is 8.66. The normalized spacial score (nSPS) is 23.2. The molecule has 0 radical (unpaired) electrons. The fourth-order valence-electron chi connectivity index (χ4n) is 10.1. The van der Waals surface area contributed by atoms with Gasteiger partial charge in [-0.05, 0) is 112 Å². The van der Waals surface area contributed by atoms with Crippen molar-refractivity contribution in [3.05, 3.63) is 83.3 Å². The van der Waals surface area contributed by atoms with Crippen LogP contribution in [0.3, 0.4) is 0 Å². The molecule has 6 amide bonds. The van der Waals surface area contributed by atoms with Crippen LogP contribution in [0.4, 0.5) is 27.8 Å². The highest BCUT2D eigenvalue weighted by atomic mass is 16.2. The molecular formula is C45H55N11O5. The third-order valence-corrected chi connectivity index (χ3v) is 13.7. The molecule has 2 atom stereocenters. The number of imide groups is 1. The van der Waals surface area contributed by atoms with Gasteiger partial charge in [-0.3, -0.25) is 24.1 Å². The summed E-state index contributed by atoms with van der Waals surface area (Å²) in [6, 6.07) is 13.2. The average Bonchev–Trinajstić information content (AvgIpc) is 3.73. The van der Waals surface area contributed by atoms with Crippen LogP contribution >= 0.6 is 0 Å². The molecule has 9 rings (SSSR count). The molecule has 7 heterocycles. The molecular weight excluding hydrogens is 775 g/mol. The lowest BCUT2D eigenvalue weighted by molar-refractivity contribution is -0.125. The molecule has 0 spiro atoms. The highest BCUT2D eigenvalue weighted by Crippen LogP contribution is 2.35. The molecule has 4 N–H and O–H groups in total. The van der Waals surface area contributed by atoms with Gasteiger partial charge in [0.2, 0.25) is 5.91 Å². The Kier molecular flexibility index (Phi) is 11.1. The van der Waals surface area contributed by atoms with Gasteiger partial charge in [0.15, 0.2) is 11.5 Å². The number of hydrogen-bond acceptors (Lipinski definition) is 11. The van der Waals surface area contributed by atoms with Crippen LogP contribution in [0.2, 0.25) is 0 Å². The number of likely N-dealkylation sites (N-methyl/N-ethyl adjacent to an activating group) is 1.